The molecule has 6 nitrogen and oxygen atoms in total. The lowest BCUT2D eigenvalue weighted by Crippen LogP contribution is -2.49. The van der Waals surface area contributed by atoms with Crippen molar-refractivity contribution in [1.82, 2.24) is 15.1 Å². The molecule has 2 aliphatic heterocycles. The van der Waals surface area contributed by atoms with E-state index in [0.717, 1.165) is 51.3 Å². The number of nitrogens with one attached hydrogen (secondary N) is 1. The minimum atomic E-state index is -4.68. The van der Waals surface area contributed by atoms with Gasteiger partial charge in [-0.3, -0.25) is 14.6 Å². The van der Waals surface area contributed by atoms with E-state index in [4.69, 9.17) is 0 Å². The number of halogens is 3. The summed E-state index contributed by atoms with van der Waals surface area (Å²) in [6.07, 6.45) is -3.60. The van der Waals surface area contributed by atoms with E-state index in [0.29, 0.717) is 25.6 Å². The summed E-state index contributed by atoms with van der Waals surface area (Å²) >= 11 is 0. The van der Waals surface area contributed by atoms with E-state index in [1.54, 1.807) is 12.1 Å². The molecule has 2 heterocycles. The monoisotopic (exact) mass is 476 g/mol. The quantitative estimate of drug-likeness (QED) is 0.634. The fourth-order valence-electron chi connectivity index (χ4n) is 4.55. The van der Waals surface area contributed by atoms with Gasteiger partial charge in [-0.2, -0.15) is 0 Å². The second-order valence-corrected chi connectivity index (χ2v) is 8.98. The Balaban J connectivity index is 1.12. The Morgan fingerprint density at radius 1 is 0.941 bits per heavy atom. The van der Waals surface area contributed by atoms with Gasteiger partial charge in [0, 0.05) is 58.0 Å². The first-order valence-corrected chi connectivity index (χ1v) is 11.7. The van der Waals surface area contributed by atoms with Crippen molar-refractivity contribution in [3.63, 3.8) is 0 Å². The van der Waals surface area contributed by atoms with E-state index in [9.17, 15) is 18.0 Å². The minimum absolute atomic E-state index is 0.0619. The third-order valence-corrected chi connectivity index (χ3v) is 6.39. The molecule has 2 saturated heterocycles. The molecule has 2 aliphatic rings. The van der Waals surface area contributed by atoms with Gasteiger partial charge in [-0.25, -0.2) is 0 Å². The number of hydrogen-bond donors (Lipinski definition) is 1. The second kappa shape index (κ2) is 11.1. The molecule has 2 aromatic rings. The number of piperazine rings is 1. The minimum Gasteiger partial charge on any atom is -0.406 e. The van der Waals surface area contributed by atoms with E-state index in [1.807, 2.05) is 18.2 Å². The number of alkyl halides is 3. The van der Waals surface area contributed by atoms with Crippen LogP contribution in [0.1, 0.15) is 12.0 Å². The van der Waals surface area contributed by atoms with Crippen LogP contribution < -0.4 is 15.0 Å². The van der Waals surface area contributed by atoms with Crippen LogP contribution in [-0.2, 0) is 11.3 Å². The number of para-hydroxylation sites is 1. The van der Waals surface area contributed by atoms with Crippen molar-refractivity contribution in [1.29, 1.82) is 0 Å². The van der Waals surface area contributed by atoms with Crippen LogP contribution >= 0.6 is 0 Å². The van der Waals surface area contributed by atoms with E-state index in [-0.39, 0.29) is 11.7 Å². The van der Waals surface area contributed by atoms with Gasteiger partial charge in [0.05, 0.1) is 6.54 Å². The van der Waals surface area contributed by atoms with Gasteiger partial charge in [-0.1, -0.05) is 30.3 Å². The molecular formula is C25H31F3N4O2. The fourth-order valence-corrected chi connectivity index (χ4v) is 4.55. The Labute approximate surface area is 198 Å². The molecule has 0 spiro atoms. The van der Waals surface area contributed by atoms with Crippen molar-refractivity contribution < 1.29 is 22.7 Å². The van der Waals surface area contributed by atoms with Crippen LogP contribution in [0.5, 0.6) is 5.75 Å². The Morgan fingerprint density at radius 3 is 2.29 bits per heavy atom. The molecule has 184 valence electrons. The highest BCUT2D eigenvalue weighted by atomic mass is 19.4. The lowest BCUT2D eigenvalue weighted by molar-refractivity contribution is -0.274. The Hall–Kier alpha value is -2.78. The first kappa shape index (κ1) is 24.3. The number of nitrogens with zero attached hydrogens (tertiary/aromatic N) is 3. The van der Waals surface area contributed by atoms with E-state index in [1.165, 1.54) is 17.8 Å². The van der Waals surface area contributed by atoms with Crippen molar-refractivity contribution >= 4 is 11.6 Å². The number of amides is 1. The van der Waals surface area contributed by atoms with Crippen LogP contribution in [0.2, 0.25) is 0 Å². The zero-order valence-corrected chi connectivity index (χ0v) is 19.1. The van der Waals surface area contributed by atoms with Crippen molar-refractivity contribution in [3.8, 4) is 5.75 Å². The zero-order valence-electron chi connectivity index (χ0n) is 19.1. The molecule has 0 aliphatic carbocycles. The maximum absolute atomic E-state index is 12.5. The fraction of sp³-hybridized carbons (Fsp3) is 0.480. The summed E-state index contributed by atoms with van der Waals surface area (Å²) in [7, 11) is 0. The summed E-state index contributed by atoms with van der Waals surface area (Å²) in [4.78, 5) is 19.2. The molecule has 34 heavy (non-hydrogen) atoms. The lowest BCUT2D eigenvalue weighted by atomic mass is 10.1. The van der Waals surface area contributed by atoms with Crippen LogP contribution in [0.3, 0.4) is 0 Å². The predicted molar refractivity (Wildman–Crippen MR) is 125 cm³/mol. The van der Waals surface area contributed by atoms with E-state index >= 15 is 0 Å². The SMILES string of the molecule is O=C(CN1CCN(Cc2ccc(OC(F)(F)F)cc2)CC1)NCC1CCN(c2ccccc2)C1. The predicted octanol–water partition coefficient (Wildman–Crippen LogP) is 3.35. The number of rotatable bonds is 8. The van der Waals surface area contributed by atoms with Crippen molar-refractivity contribution in [2.75, 3.05) is 57.3 Å². The third-order valence-electron chi connectivity index (χ3n) is 6.39. The number of carbonyl (C=O) groups is 1. The summed E-state index contributed by atoms with van der Waals surface area (Å²) in [5.41, 5.74) is 2.17. The normalized spacial score (nSPS) is 19.9. The zero-order chi connectivity index (χ0) is 24.0. The van der Waals surface area contributed by atoms with Gasteiger partial charge in [-0.15, -0.1) is 13.2 Å². The number of hydrogen-bond acceptors (Lipinski definition) is 5. The van der Waals surface area contributed by atoms with Gasteiger partial charge in [0.25, 0.3) is 0 Å². The van der Waals surface area contributed by atoms with E-state index in [2.05, 4.69) is 36.9 Å². The van der Waals surface area contributed by atoms with E-state index < -0.39 is 6.36 Å². The molecule has 1 unspecified atom stereocenters. The number of anilines is 1. The third kappa shape index (κ3) is 7.36. The Kier molecular flexibility index (Phi) is 7.95. The highest BCUT2D eigenvalue weighted by molar-refractivity contribution is 5.78. The summed E-state index contributed by atoms with van der Waals surface area (Å²) < 4.78 is 40.8. The maximum Gasteiger partial charge on any atom is 0.573 e. The van der Waals surface area contributed by atoms with Crippen molar-refractivity contribution in [2.24, 2.45) is 5.92 Å². The highest BCUT2D eigenvalue weighted by Crippen LogP contribution is 2.24. The average Bonchev–Trinajstić information content (AvgIpc) is 3.29. The molecule has 0 radical (unpaired) electrons. The summed E-state index contributed by atoms with van der Waals surface area (Å²) in [6, 6.07) is 16.4. The van der Waals surface area contributed by atoms with Crippen LogP contribution in [0.25, 0.3) is 0 Å². The van der Waals surface area contributed by atoms with Gasteiger partial charge in [0.15, 0.2) is 0 Å². The van der Waals surface area contributed by atoms with Gasteiger partial charge >= 0.3 is 6.36 Å². The summed E-state index contributed by atoms with van der Waals surface area (Å²) in [5, 5.41) is 3.10. The van der Waals surface area contributed by atoms with Crippen LogP contribution in [0.15, 0.2) is 54.6 Å². The molecule has 1 amide bonds. The first-order chi connectivity index (χ1) is 16.3. The molecule has 0 saturated carbocycles. The van der Waals surface area contributed by atoms with Gasteiger partial charge in [-0.05, 0) is 42.2 Å². The molecule has 4 rings (SSSR count). The van der Waals surface area contributed by atoms with Gasteiger partial charge < -0.3 is 15.0 Å². The smallest absolute Gasteiger partial charge is 0.406 e. The van der Waals surface area contributed by atoms with Crippen molar-refractivity contribution in [3.05, 3.63) is 60.2 Å². The maximum atomic E-state index is 12.5. The van der Waals surface area contributed by atoms with Gasteiger partial charge in [0.1, 0.15) is 5.75 Å². The highest BCUT2D eigenvalue weighted by Gasteiger charge is 2.31. The number of benzene rings is 2. The summed E-state index contributed by atoms with van der Waals surface area (Å²) in [6.45, 7) is 6.93. The lowest BCUT2D eigenvalue weighted by Gasteiger charge is -2.34. The first-order valence-electron chi connectivity index (χ1n) is 11.7. The van der Waals surface area contributed by atoms with Crippen LogP contribution in [0.4, 0.5) is 18.9 Å². The number of ether oxygens (including phenoxy) is 1. The average molecular weight is 477 g/mol. The Bertz CT molecular complexity index is 916. The largest absolute Gasteiger partial charge is 0.573 e. The number of carbonyl (C=O) groups excluding carboxylic acids is 1. The van der Waals surface area contributed by atoms with Gasteiger partial charge in [0.2, 0.25) is 5.91 Å². The van der Waals surface area contributed by atoms with Crippen LogP contribution in [-0.4, -0.2) is 74.4 Å². The summed E-state index contributed by atoms with van der Waals surface area (Å²) in [5.74, 6) is 0.318. The molecule has 0 bridgehead atoms. The second-order valence-electron chi connectivity index (χ2n) is 8.98. The molecule has 9 heteroatoms. The van der Waals surface area contributed by atoms with Crippen LogP contribution in [0, 0.1) is 5.92 Å². The van der Waals surface area contributed by atoms with Crippen molar-refractivity contribution in [2.45, 2.75) is 19.3 Å². The molecule has 1 N–H and O–H groups in total. The molecule has 0 aromatic heterocycles. The molecule has 2 fully saturated rings. The molecule has 2 aromatic carbocycles. The topological polar surface area (TPSA) is 48.1 Å². The Morgan fingerprint density at radius 2 is 1.62 bits per heavy atom. The molecular weight excluding hydrogens is 445 g/mol. The molecule has 1 atom stereocenters. The standard InChI is InChI=1S/C25H31F3N4O2/c26-25(27,28)34-23-8-6-20(7-9-23)17-30-12-14-31(15-13-30)19-24(33)29-16-21-10-11-32(18-21)22-4-2-1-3-5-22/h1-9,21H,10-19H2,(H,29,33).